The number of carbonyl (C=O) groups excluding carboxylic acids is 1. The van der Waals surface area contributed by atoms with Crippen LogP contribution in [0.2, 0.25) is 0 Å². The van der Waals surface area contributed by atoms with E-state index in [2.05, 4.69) is 52.0 Å². The van der Waals surface area contributed by atoms with E-state index in [1.807, 2.05) is 26.0 Å². The Kier molecular flexibility index (Phi) is 7.21. The van der Waals surface area contributed by atoms with Crippen molar-refractivity contribution in [3.05, 3.63) is 56.5 Å². The Bertz CT molecular complexity index is 1010. The van der Waals surface area contributed by atoms with Gasteiger partial charge in [-0.05, 0) is 57.8 Å². The van der Waals surface area contributed by atoms with Gasteiger partial charge in [0.15, 0.2) is 5.78 Å². The minimum atomic E-state index is -0.198. The molecule has 27 heavy (non-hydrogen) atoms. The average molecular weight is 492 g/mol. The molecule has 0 unspecified atom stereocenters. The van der Waals surface area contributed by atoms with E-state index in [-0.39, 0.29) is 12.2 Å². The molecule has 7 nitrogen and oxygen atoms in total. The summed E-state index contributed by atoms with van der Waals surface area (Å²) < 4.78 is 1.76. The van der Waals surface area contributed by atoms with Gasteiger partial charge >= 0.3 is 0 Å². The summed E-state index contributed by atoms with van der Waals surface area (Å²) in [4.78, 5) is 19.5. The summed E-state index contributed by atoms with van der Waals surface area (Å²) in [6.45, 7) is 3.78. The van der Waals surface area contributed by atoms with Crippen LogP contribution in [0.4, 0.5) is 5.82 Å². The van der Waals surface area contributed by atoms with Crippen LogP contribution in [0.3, 0.4) is 0 Å². The molecule has 0 atom stereocenters. The second-order valence-corrected chi connectivity index (χ2v) is 7.26. The van der Waals surface area contributed by atoms with E-state index in [9.17, 15) is 4.79 Å². The quantitative estimate of drug-likeness (QED) is 0.524. The largest absolute Gasteiger partial charge is 0.382 e. The first kappa shape index (κ1) is 20.7. The summed E-state index contributed by atoms with van der Waals surface area (Å²) in [5.74, 6) is 0.285. The van der Waals surface area contributed by atoms with Crippen LogP contribution in [0.25, 0.3) is 11.3 Å². The molecule has 3 aromatic heterocycles. The van der Waals surface area contributed by atoms with Crippen molar-refractivity contribution in [2.45, 2.75) is 20.3 Å². The zero-order valence-electron chi connectivity index (χ0n) is 14.6. The Labute approximate surface area is 173 Å². The van der Waals surface area contributed by atoms with Gasteiger partial charge in [-0.1, -0.05) is 0 Å². The lowest BCUT2D eigenvalue weighted by Gasteiger charge is -2.00. The lowest BCUT2D eigenvalue weighted by molar-refractivity contribution is 0.0997. The molecule has 0 bridgehead atoms. The fraction of sp³-hybridized carbons (Fsp3) is 0.167. The van der Waals surface area contributed by atoms with E-state index in [1.54, 1.807) is 18.3 Å². The summed E-state index contributed by atoms with van der Waals surface area (Å²) in [5.41, 5.74) is 9.60. The van der Waals surface area contributed by atoms with Crippen LogP contribution in [-0.2, 0) is 0 Å². The molecule has 0 amide bonds. The van der Waals surface area contributed by atoms with Crippen molar-refractivity contribution in [3.8, 4) is 17.3 Å². The standard InChI is InChI=1S/C9H9BrN4.C9H7BrN2O/c1-5-7(10)2-6(4-12-5)8-3-9(11)14-13-8;1-6-8(10)4-7(5-12-6)9(13)2-3-11/h2-4H,1H3,(H3,11,13,14);4-5H,2H2,1H3. The van der Waals surface area contributed by atoms with Gasteiger partial charge in [0.25, 0.3) is 0 Å². The number of Topliss-reactive ketones (excluding diaryl/α,β-unsaturated/α-hetero) is 1. The molecular weight excluding hydrogens is 476 g/mol. The maximum Gasteiger partial charge on any atom is 0.178 e. The number of nitrogens with one attached hydrogen (secondary N) is 1. The number of nitrogens with zero attached hydrogens (tertiary/aromatic N) is 4. The molecule has 0 aromatic carbocycles. The van der Waals surface area contributed by atoms with E-state index >= 15 is 0 Å². The highest BCUT2D eigenvalue weighted by atomic mass is 79.9. The molecule has 3 rings (SSSR count). The van der Waals surface area contributed by atoms with Crippen molar-refractivity contribution < 1.29 is 4.79 Å². The lowest BCUT2D eigenvalue weighted by Crippen LogP contribution is -1.99. The molecule has 3 aromatic rings. The Morgan fingerprint density at radius 1 is 1.15 bits per heavy atom. The molecule has 0 radical (unpaired) electrons. The van der Waals surface area contributed by atoms with Gasteiger partial charge in [0.2, 0.25) is 0 Å². The van der Waals surface area contributed by atoms with E-state index in [1.165, 1.54) is 6.20 Å². The number of rotatable bonds is 3. The van der Waals surface area contributed by atoms with Crippen molar-refractivity contribution in [2.24, 2.45) is 0 Å². The summed E-state index contributed by atoms with van der Waals surface area (Å²) in [7, 11) is 0. The molecular formula is C18H16Br2N6O. The fourth-order valence-corrected chi connectivity index (χ4v) is 2.67. The minimum absolute atomic E-state index is 0.100. The molecule has 0 fully saturated rings. The van der Waals surface area contributed by atoms with Crippen LogP contribution in [-0.4, -0.2) is 25.9 Å². The van der Waals surface area contributed by atoms with Crippen LogP contribution in [0.1, 0.15) is 28.2 Å². The zero-order valence-corrected chi connectivity index (χ0v) is 17.8. The SMILES string of the molecule is Cc1ncc(-c2cc(N)n[nH]2)cc1Br.Cc1ncc(C(=O)CC#N)cc1Br. The molecule has 138 valence electrons. The number of nitrogens with two attached hydrogens (primary N) is 1. The normalized spacial score (nSPS) is 9.89. The molecule has 3 N–H and O–H groups in total. The first-order valence-corrected chi connectivity index (χ1v) is 9.36. The predicted octanol–water partition coefficient (Wildman–Crippen LogP) is 4.37. The Morgan fingerprint density at radius 2 is 1.78 bits per heavy atom. The van der Waals surface area contributed by atoms with E-state index in [0.29, 0.717) is 11.4 Å². The van der Waals surface area contributed by atoms with E-state index < -0.39 is 0 Å². The van der Waals surface area contributed by atoms with Crippen LogP contribution in [0.15, 0.2) is 39.5 Å². The van der Waals surface area contributed by atoms with E-state index in [4.69, 9.17) is 11.0 Å². The summed E-state index contributed by atoms with van der Waals surface area (Å²) in [5, 5.41) is 15.0. The first-order chi connectivity index (χ1) is 12.8. The predicted molar refractivity (Wildman–Crippen MR) is 110 cm³/mol. The molecule has 0 aliphatic heterocycles. The number of nitrogen functional groups attached to an aromatic ring is 1. The number of aromatic nitrogens is 4. The van der Waals surface area contributed by atoms with Crippen molar-refractivity contribution in [1.29, 1.82) is 5.26 Å². The van der Waals surface area contributed by atoms with Gasteiger partial charge in [-0.3, -0.25) is 19.9 Å². The number of nitriles is 1. The highest BCUT2D eigenvalue weighted by Gasteiger charge is 2.07. The van der Waals surface area contributed by atoms with Crippen molar-refractivity contribution in [1.82, 2.24) is 20.2 Å². The van der Waals surface area contributed by atoms with Gasteiger partial charge in [-0.2, -0.15) is 10.4 Å². The maximum absolute atomic E-state index is 11.2. The fourth-order valence-electron chi connectivity index (χ4n) is 1.97. The third-order valence-electron chi connectivity index (χ3n) is 3.52. The third kappa shape index (κ3) is 5.70. The van der Waals surface area contributed by atoms with Crippen molar-refractivity contribution >= 4 is 43.5 Å². The summed E-state index contributed by atoms with van der Waals surface area (Å²) >= 11 is 6.69. The number of anilines is 1. The minimum Gasteiger partial charge on any atom is -0.382 e. The molecule has 3 heterocycles. The Balaban J connectivity index is 0.000000194. The number of H-pyrrole nitrogens is 1. The lowest BCUT2D eigenvalue weighted by atomic mass is 10.1. The number of hydrogen-bond acceptors (Lipinski definition) is 6. The molecule has 0 saturated carbocycles. The highest BCUT2D eigenvalue weighted by Crippen LogP contribution is 2.23. The van der Waals surface area contributed by atoms with Gasteiger partial charge in [0, 0.05) is 38.5 Å². The molecule has 0 aliphatic rings. The molecule has 9 heteroatoms. The highest BCUT2D eigenvalue weighted by molar-refractivity contribution is 9.10. The van der Waals surface area contributed by atoms with Crippen LogP contribution in [0.5, 0.6) is 0 Å². The monoisotopic (exact) mass is 490 g/mol. The van der Waals surface area contributed by atoms with Gasteiger partial charge in [-0.15, -0.1) is 0 Å². The molecule has 0 saturated heterocycles. The first-order valence-electron chi connectivity index (χ1n) is 7.77. The number of aryl methyl sites for hydroxylation is 2. The van der Waals surface area contributed by atoms with Crippen LogP contribution < -0.4 is 5.73 Å². The maximum atomic E-state index is 11.2. The Hall–Kier alpha value is -2.57. The number of hydrogen-bond donors (Lipinski definition) is 2. The van der Waals surface area contributed by atoms with Crippen molar-refractivity contribution in [3.63, 3.8) is 0 Å². The summed E-state index contributed by atoms with van der Waals surface area (Å²) in [6.07, 6.45) is 3.17. The summed E-state index contributed by atoms with van der Waals surface area (Å²) in [6, 6.07) is 7.25. The Morgan fingerprint density at radius 3 is 2.30 bits per heavy atom. The van der Waals surface area contributed by atoms with E-state index in [0.717, 1.165) is 31.6 Å². The van der Waals surface area contributed by atoms with Crippen LogP contribution >= 0.6 is 31.9 Å². The van der Waals surface area contributed by atoms with Gasteiger partial charge < -0.3 is 5.73 Å². The number of aromatic amines is 1. The van der Waals surface area contributed by atoms with Gasteiger partial charge in [0.1, 0.15) is 5.82 Å². The second kappa shape index (κ2) is 9.39. The number of pyridine rings is 2. The number of halogens is 2. The van der Waals surface area contributed by atoms with Crippen LogP contribution in [0, 0.1) is 25.2 Å². The number of ketones is 1. The average Bonchev–Trinajstić information content (AvgIpc) is 3.07. The third-order valence-corrected chi connectivity index (χ3v) is 5.13. The molecule has 0 aliphatic carbocycles. The smallest absolute Gasteiger partial charge is 0.178 e. The molecule has 0 spiro atoms. The van der Waals surface area contributed by atoms with Gasteiger partial charge in [0.05, 0.1) is 29.6 Å². The second-order valence-electron chi connectivity index (χ2n) is 5.55. The van der Waals surface area contributed by atoms with Gasteiger partial charge in [-0.25, -0.2) is 0 Å². The number of carbonyl (C=O) groups is 1. The zero-order chi connectivity index (χ0) is 20.0. The topological polar surface area (TPSA) is 121 Å². The van der Waals surface area contributed by atoms with Crippen molar-refractivity contribution in [2.75, 3.05) is 5.73 Å².